The van der Waals surface area contributed by atoms with E-state index in [1.807, 2.05) is 19.1 Å². The molecule has 0 spiro atoms. The molecule has 0 aromatic heterocycles. The number of carbonyl (C=O) groups is 1. The van der Waals surface area contributed by atoms with Gasteiger partial charge in [-0.2, -0.15) is 0 Å². The lowest BCUT2D eigenvalue weighted by Gasteiger charge is -2.21. The smallest absolute Gasteiger partial charge is 0.261 e. The summed E-state index contributed by atoms with van der Waals surface area (Å²) < 4.78 is 5.90. The number of carbonyl (C=O) groups excluding carboxylic acids is 1. The highest BCUT2D eigenvalue weighted by molar-refractivity contribution is 7.99. The molecule has 0 bridgehead atoms. The van der Waals surface area contributed by atoms with Crippen LogP contribution < -0.4 is 10.1 Å². The Labute approximate surface area is 167 Å². The van der Waals surface area contributed by atoms with Crippen molar-refractivity contribution in [2.24, 2.45) is 0 Å². The van der Waals surface area contributed by atoms with Gasteiger partial charge in [-0.25, -0.2) is 0 Å². The molecule has 0 aliphatic carbocycles. The van der Waals surface area contributed by atoms with E-state index in [1.54, 1.807) is 11.8 Å². The molecule has 0 fully saturated rings. The van der Waals surface area contributed by atoms with Crippen molar-refractivity contribution in [1.29, 1.82) is 0 Å². The zero-order valence-electron chi connectivity index (χ0n) is 17.0. The minimum Gasteiger partial charge on any atom is -0.481 e. The van der Waals surface area contributed by atoms with Crippen LogP contribution in [-0.2, 0) is 10.2 Å². The maximum Gasteiger partial charge on any atom is 0.261 e. The number of benzene rings is 2. The van der Waals surface area contributed by atoms with Crippen LogP contribution in [0.5, 0.6) is 5.75 Å². The summed E-state index contributed by atoms with van der Waals surface area (Å²) in [5.74, 6) is 1.52. The molecule has 0 radical (unpaired) electrons. The molecule has 146 valence electrons. The highest BCUT2D eigenvalue weighted by Crippen LogP contribution is 2.25. The Balaban J connectivity index is 1.80. The quantitative estimate of drug-likeness (QED) is 0.491. The Morgan fingerprint density at radius 2 is 1.70 bits per heavy atom. The van der Waals surface area contributed by atoms with Gasteiger partial charge in [0.1, 0.15) is 5.75 Å². The Hall–Kier alpha value is -1.94. The monoisotopic (exact) mass is 385 g/mol. The Morgan fingerprint density at radius 1 is 1.07 bits per heavy atom. The van der Waals surface area contributed by atoms with Crippen LogP contribution in [0.25, 0.3) is 0 Å². The van der Waals surface area contributed by atoms with Crippen molar-refractivity contribution in [3.63, 3.8) is 0 Å². The molecule has 0 saturated heterocycles. The first kappa shape index (κ1) is 21.4. The van der Waals surface area contributed by atoms with Crippen LogP contribution in [0.1, 0.15) is 45.2 Å². The number of thioether (sulfide) groups is 1. The highest BCUT2D eigenvalue weighted by atomic mass is 32.2. The standard InChI is InChI=1S/C23H31NO2S/c1-6-21(26-19-11-9-18(10-12-19)23(3,4)5)22(25)24-15-16-27-20-13-7-17(2)8-14-20/h7-14,21H,6,15-16H2,1-5H3,(H,24,25). The topological polar surface area (TPSA) is 38.3 Å². The van der Waals surface area contributed by atoms with E-state index < -0.39 is 6.10 Å². The molecule has 0 heterocycles. The second-order valence-corrected chi connectivity index (χ2v) is 8.91. The van der Waals surface area contributed by atoms with Gasteiger partial charge in [0.2, 0.25) is 0 Å². The van der Waals surface area contributed by atoms with Crippen LogP contribution in [0.3, 0.4) is 0 Å². The second-order valence-electron chi connectivity index (χ2n) is 7.74. The first-order valence-electron chi connectivity index (χ1n) is 9.54. The first-order valence-corrected chi connectivity index (χ1v) is 10.5. The summed E-state index contributed by atoms with van der Waals surface area (Å²) in [7, 11) is 0. The predicted octanol–water partition coefficient (Wildman–Crippen LogP) is 5.36. The number of aryl methyl sites for hydroxylation is 1. The van der Waals surface area contributed by atoms with E-state index in [0.29, 0.717) is 13.0 Å². The van der Waals surface area contributed by atoms with Gasteiger partial charge in [0.05, 0.1) is 0 Å². The summed E-state index contributed by atoms with van der Waals surface area (Å²) in [5, 5.41) is 2.99. The Kier molecular flexibility index (Phi) is 7.78. The van der Waals surface area contributed by atoms with Crippen LogP contribution in [0.4, 0.5) is 0 Å². The van der Waals surface area contributed by atoms with Crippen molar-refractivity contribution >= 4 is 17.7 Å². The van der Waals surface area contributed by atoms with Gasteiger partial charge in [-0.3, -0.25) is 4.79 Å². The van der Waals surface area contributed by atoms with Crippen molar-refractivity contribution < 1.29 is 9.53 Å². The van der Waals surface area contributed by atoms with Crippen molar-refractivity contribution in [1.82, 2.24) is 5.32 Å². The van der Waals surface area contributed by atoms with Crippen molar-refractivity contribution in [2.45, 2.75) is 57.5 Å². The molecule has 4 heteroatoms. The number of hydrogen-bond donors (Lipinski definition) is 1. The van der Waals surface area contributed by atoms with E-state index in [1.165, 1.54) is 16.0 Å². The molecule has 1 amide bonds. The van der Waals surface area contributed by atoms with E-state index in [9.17, 15) is 4.79 Å². The van der Waals surface area contributed by atoms with E-state index >= 15 is 0 Å². The summed E-state index contributed by atoms with van der Waals surface area (Å²) >= 11 is 1.74. The zero-order valence-corrected chi connectivity index (χ0v) is 17.9. The molecule has 2 aromatic rings. The fourth-order valence-corrected chi connectivity index (χ4v) is 3.38. The SMILES string of the molecule is CCC(Oc1ccc(C(C)(C)C)cc1)C(=O)NCCSc1ccc(C)cc1. The average Bonchev–Trinajstić information content (AvgIpc) is 2.64. The third-order valence-corrected chi connectivity index (χ3v) is 5.37. The molecule has 27 heavy (non-hydrogen) atoms. The largest absolute Gasteiger partial charge is 0.481 e. The summed E-state index contributed by atoms with van der Waals surface area (Å²) in [6.07, 6.45) is 0.174. The van der Waals surface area contributed by atoms with Gasteiger partial charge in [0.25, 0.3) is 5.91 Å². The van der Waals surface area contributed by atoms with E-state index in [4.69, 9.17) is 4.74 Å². The van der Waals surface area contributed by atoms with Crippen molar-refractivity contribution in [2.75, 3.05) is 12.3 Å². The molecule has 1 atom stereocenters. The van der Waals surface area contributed by atoms with Gasteiger partial charge >= 0.3 is 0 Å². The van der Waals surface area contributed by atoms with Gasteiger partial charge in [-0.1, -0.05) is 57.5 Å². The van der Waals surface area contributed by atoms with Crippen LogP contribution in [-0.4, -0.2) is 24.3 Å². The lowest BCUT2D eigenvalue weighted by Crippen LogP contribution is -2.39. The van der Waals surface area contributed by atoms with Gasteiger partial charge in [-0.05, 0) is 48.6 Å². The molecule has 1 unspecified atom stereocenters. The lowest BCUT2D eigenvalue weighted by atomic mass is 9.87. The summed E-state index contributed by atoms with van der Waals surface area (Å²) in [5.41, 5.74) is 2.61. The lowest BCUT2D eigenvalue weighted by molar-refractivity contribution is -0.127. The van der Waals surface area contributed by atoms with Crippen LogP contribution in [0.2, 0.25) is 0 Å². The van der Waals surface area contributed by atoms with Crippen LogP contribution in [0, 0.1) is 6.92 Å². The molecule has 0 aliphatic rings. The van der Waals surface area contributed by atoms with E-state index in [2.05, 4.69) is 69.4 Å². The third kappa shape index (κ3) is 6.94. The number of amides is 1. The van der Waals surface area contributed by atoms with Gasteiger partial charge in [0, 0.05) is 17.2 Å². The summed E-state index contributed by atoms with van der Waals surface area (Å²) in [6.45, 7) is 11.2. The number of nitrogens with one attached hydrogen (secondary N) is 1. The Bertz CT molecular complexity index is 718. The van der Waals surface area contributed by atoms with Gasteiger partial charge in [0.15, 0.2) is 6.10 Å². The predicted molar refractivity (Wildman–Crippen MR) is 115 cm³/mol. The second kappa shape index (κ2) is 9.84. The molecule has 0 saturated carbocycles. The minimum absolute atomic E-state index is 0.0538. The van der Waals surface area contributed by atoms with E-state index in [0.717, 1.165) is 11.5 Å². The molecule has 1 N–H and O–H groups in total. The third-order valence-electron chi connectivity index (χ3n) is 4.35. The maximum absolute atomic E-state index is 12.4. The average molecular weight is 386 g/mol. The molecule has 0 aliphatic heterocycles. The molecule has 3 nitrogen and oxygen atoms in total. The maximum atomic E-state index is 12.4. The first-order chi connectivity index (χ1) is 12.8. The number of ether oxygens (including phenoxy) is 1. The van der Waals surface area contributed by atoms with Crippen LogP contribution in [0.15, 0.2) is 53.4 Å². The fraction of sp³-hybridized carbons (Fsp3) is 0.435. The normalized spacial score (nSPS) is 12.5. The van der Waals surface area contributed by atoms with Crippen molar-refractivity contribution in [3.8, 4) is 5.75 Å². The highest BCUT2D eigenvalue weighted by Gasteiger charge is 2.19. The number of hydrogen-bond acceptors (Lipinski definition) is 3. The van der Waals surface area contributed by atoms with Gasteiger partial charge in [-0.15, -0.1) is 11.8 Å². The Morgan fingerprint density at radius 3 is 2.26 bits per heavy atom. The van der Waals surface area contributed by atoms with Crippen LogP contribution >= 0.6 is 11.8 Å². The minimum atomic E-state index is -0.463. The van der Waals surface area contributed by atoms with Gasteiger partial charge < -0.3 is 10.1 Å². The molecule has 2 aromatic carbocycles. The summed E-state index contributed by atoms with van der Waals surface area (Å²) in [4.78, 5) is 13.6. The fourth-order valence-electron chi connectivity index (χ4n) is 2.61. The zero-order chi connectivity index (χ0) is 19.9. The van der Waals surface area contributed by atoms with Crippen molar-refractivity contribution in [3.05, 3.63) is 59.7 Å². The molecular formula is C23H31NO2S. The number of rotatable bonds is 8. The molecule has 2 rings (SSSR count). The van der Waals surface area contributed by atoms with E-state index in [-0.39, 0.29) is 11.3 Å². The molecular weight excluding hydrogens is 354 g/mol. The summed E-state index contributed by atoms with van der Waals surface area (Å²) in [6, 6.07) is 16.5.